The number of aryl methyl sites for hydroxylation is 1. The molecule has 0 fully saturated rings. The van der Waals surface area contributed by atoms with Crippen LogP contribution in [0.15, 0.2) is 24.3 Å². The van der Waals surface area contributed by atoms with Gasteiger partial charge in [0.15, 0.2) is 0 Å². The topological polar surface area (TPSA) is 0 Å². The van der Waals surface area contributed by atoms with Crippen LogP contribution in [0, 0.1) is 12.7 Å². The Morgan fingerprint density at radius 1 is 1.46 bits per heavy atom. The number of halogens is 1. The lowest BCUT2D eigenvalue weighted by molar-refractivity contribution is 0.627. The van der Waals surface area contributed by atoms with Crippen molar-refractivity contribution < 1.29 is 4.39 Å². The summed E-state index contributed by atoms with van der Waals surface area (Å²) in [5.74, 6) is 0.640. The van der Waals surface area contributed by atoms with Crippen LogP contribution in [0.2, 0.25) is 0 Å². The van der Waals surface area contributed by atoms with Crippen LogP contribution in [-0.4, -0.2) is 5.75 Å². The Kier molecular flexibility index (Phi) is 4.03. The molecular weight excluding hydrogens is 183 g/mol. The number of rotatable bonds is 3. The zero-order chi connectivity index (χ0) is 9.68. The smallest absolute Gasteiger partial charge is 0.123 e. The van der Waals surface area contributed by atoms with Crippen molar-refractivity contribution in [2.45, 2.75) is 13.3 Å². The van der Waals surface area contributed by atoms with Gasteiger partial charge in [-0.3, -0.25) is 0 Å². The van der Waals surface area contributed by atoms with Crippen LogP contribution in [0.25, 0.3) is 6.08 Å². The van der Waals surface area contributed by atoms with E-state index in [1.807, 2.05) is 19.1 Å². The van der Waals surface area contributed by atoms with Gasteiger partial charge in [-0.2, -0.15) is 12.6 Å². The second-order valence-corrected chi connectivity index (χ2v) is 3.36. The SMILES string of the molecule is Cc1ccc(F)cc1C=CCCS. The Hall–Kier alpha value is -0.760. The molecule has 0 amide bonds. The molecule has 0 bridgehead atoms. The molecule has 0 aliphatic carbocycles. The molecule has 0 nitrogen and oxygen atoms in total. The minimum atomic E-state index is -0.184. The zero-order valence-electron chi connectivity index (χ0n) is 7.63. The first-order chi connectivity index (χ1) is 6.24. The third-order valence-corrected chi connectivity index (χ3v) is 2.09. The van der Waals surface area contributed by atoms with Crippen LogP contribution < -0.4 is 0 Å². The van der Waals surface area contributed by atoms with Crippen molar-refractivity contribution in [2.75, 3.05) is 5.75 Å². The summed E-state index contributed by atoms with van der Waals surface area (Å²) in [6.07, 6.45) is 4.86. The molecule has 0 unspecified atom stereocenters. The van der Waals surface area contributed by atoms with E-state index in [-0.39, 0.29) is 5.82 Å². The van der Waals surface area contributed by atoms with Crippen molar-refractivity contribution in [2.24, 2.45) is 0 Å². The second kappa shape index (κ2) is 5.07. The van der Waals surface area contributed by atoms with Gasteiger partial charge in [-0.15, -0.1) is 0 Å². The average Bonchev–Trinajstić information content (AvgIpc) is 2.11. The Morgan fingerprint density at radius 3 is 2.92 bits per heavy atom. The predicted octanol–water partition coefficient (Wildman–Crippen LogP) is 3.47. The second-order valence-electron chi connectivity index (χ2n) is 2.92. The fourth-order valence-electron chi connectivity index (χ4n) is 1.08. The molecule has 0 N–H and O–H groups in total. The lowest BCUT2D eigenvalue weighted by atomic mass is 10.1. The van der Waals surface area contributed by atoms with Gasteiger partial charge in [-0.05, 0) is 42.4 Å². The van der Waals surface area contributed by atoms with Crippen molar-refractivity contribution in [3.8, 4) is 0 Å². The lowest BCUT2D eigenvalue weighted by Gasteiger charge is -1.99. The molecule has 0 aliphatic heterocycles. The maximum Gasteiger partial charge on any atom is 0.123 e. The minimum Gasteiger partial charge on any atom is -0.207 e. The molecule has 0 aliphatic rings. The average molecular weight is 196 g/mol. The van der Waals surface area contributed by atoms with Gasteiger partial charge in [0, 0.05) is 0 Å². The highest BCUT2D eigenvalue weighted by atomic mass is 32.1. The summed E-state index contributed by atoms with van der Waals surface area (Å²) in [6, 6.07) is 4.81. The van der Waals surface area contributed by atoms with E-state index in [1.54, 1.807) is 12.1 Å². The van der Waals surface area contributed by atoms with E-state index in [9.17, 15) is 4.39 Å². The predicted molar refractivity (Wildman–Crippen MR) is 58.6 cm³/mol. The van der Waals surface area contributed by atoms with Gasteiger partial charge >= 0.3 is 0 Å². The van der Waals surface area contributed by atoms with E-state index in [2.05, 4.69) is 12.6 Å². The molecule has 0 radical (unpaired) electrons. The number of thiol groups is 1. The quantitative estimate of drug-likeness (QED) is 0.703. The van der Waals surface area contributed by atoms with Crippen molar-refractivity contribution >= 4 is 18.7 Å². The van der Waals surface area contributed by atoms with Crippen molar-refractivity contribution in [3.05, 3.63) is 41.2 Å². The molecule has 1 aromatic carbocycles. The van der Waals surface area contributed by atoms with E-state index in [0.29, 0.717) is 0 Å². The summed E-state index contributed by atoms with van der Waals surface area (Å²) in [5.41, 5.74) is 2.04. The Bertz CT molecular complexity index is 305. The van der Waals surface area contributed by atoms with Crippen LogP contribution >= 0.6 is 12.6 Å². The maximum absolute atomic E-state index is 12.8. The third kappa shape index (κ3) is 3.23. The molecule has 2 heteroatoms. The highest BCUT2D eigenvalue weighted by molar-refractivity contribution is 7.80. The third-order valence-electron chi connectivity index (χ3n) is 1.83. The van der Waals surface area contributed by atoms with Crippen LogP contribution in [-0.2, 0) is 0 Å². The van der Waals surface area contributed by atoms with Crippen LogP contribution in [0.5, 0.6) is 0 Å². The normalized spacial score (nSPS) is 11.0. The number of benzene rings is 1. The van der Waals surface area contributed by atoms with E-state index in [0.717, 1.165) is 23.3 Å². The molecule has 0 saturated carbocycles. The van der Waals surface area contributed by atoms with Crippen molar-refractivity contribution in [3.63, 3.8) is 0 Å². The van der Waals surface area contributed by atoms with Gasteiger partial charge in [0.2, 0.25) is 0 Å². The first kappa shape index (κ1) is 10.3. The summed E-state index contributed by atoms with van der Waals surface area (Å²) in [4.78, 5) is 0. The molecule has 70 valence electrons. The van der Waals surface area contributed by atoms with Gasteiger partial charge in [0.25, 0.3) is 0 Å². The monoisotopic (exact) mass is 196 g/mol. The van der Waals surface area contributed by atoms with Gasteiger partial charge in [0.1, 0.15) is 5.82 Å². The molecule has 13 heavy (non-hydrogen) atoms. The highest BCUT2D eigenvalue weighted by Crippen LogP contribution is 2.12. The highest BCUT2D eigenvalue weighted by Gasteiger charge is 1.95. The van der Waals surface area contributed by atoms with Crippen molar-refractivity contribution in [1.82, 2.24) is 0 Å². The molecular formula is C11H13FS. The largest absolute Gasteiger partial charge is 0.207 e. The van der Waals surface area contributed by atoms with E-state index >= 15 is 0 Å². The van der Waals surface area contributed by atoms with E-state index in [1.165, 1.54) is 6.07 Å². The number of hydrogen-bond donors (Lipinski definition) is 1. The molecule has 1 rings (SSSR count). The molecule has 1 aromatic rings. The van der Waals surface area contributed by atoms with Gasteiger partial charge in [0.05, 0.1) is 0 Å². The maximum atomic E-state index is 12.8. The van der Waals surface area contributed by atoms with E-state index < -0.39 is 0 Å². The Morgan fingerprint density at radius 2 is 2.23 bits per heavy atom. The lowest BCUT2D eigenvalue weighted by Crippen LogP contribution is -1.82. The zero-order valence-corrected chi connectivity index (χ0v) is 8.52. The summed E-state index contributed by atoms with van der Waals surface area (Å²) in [5, 5.41) is 0. The fourth-order valence-corrected chi connectivity index (χ4v) is 1.22. The van der Waals surface area contributed by atoms with Crippen LogP contribution in [0.1, 0.15) is 17.5 Å². The summed E-state index contributed by atoms with van der Waals surface area (Å²) >= 11 is 4.09. The summed E-state index contributed by atoms with van der Waals surface area (Å²) in [6.45, 7) is 1.97. The molecule has 0 spiro atoms. The van der Waals surface area contributed by atoms with Crippen molar-refractivity contribution in [1.29, 1.82) is 0 Å². The minimum absolute atomic E-state index is 0.184. The molecule has 0 aromatic heterocycles. The van der Waals surface area contributed by atoms with Crippen LogP contribution in [0.3, 0.4) is 0 Å². The summed E-state index contributed by atoms with van der Waals surface area (Å²) < 4.78 is 12.8. The summed E-state index contributed by atoms with van der Waals surface area (Å²) in [7, 11) is 0. The Labute approximate surface area is 83.9 Å². The number of hydrogen-bond acceptors (Lipinski definition) is 1. The Balaban J connectivity index is 2.81. The van der Waals surface area contributed by atoms with Gasteiger partial charge in [-0.25, -0.2) is 4.39 Å². The first-order valence-corrected chi connectivity index (χ1v) is 4.91. The van der Waals surface area contributed by atoms with Crippen LogP contribution in [0.4, 0.5) is 4.39 Å². The number of allylic oxidation sites excluding steroid dienone is 1. The van der Waals surface area contributed by atoms with E-state index in [4.69, 9.17) is 0 Å². The van der Waals surface area contributed by atoms with Gasteiger partial charge in [-0.1, -0.05) is 18.2 Å². The molecule has 0 atom stereocenters. The molecule has 0 heterocycles. The van der Waals surface area contributed by atoms with Gasteiger partial charge < -0.3 is 0 Å². The standard InChI is InChI=1S/C11H13FS/c1-9-5-6-11(12)8-10(9)4-2-3-7-13/h2,4-6,8,13H,3,7H2,1H3. The first-order valence-electron chi connectivity index (χ1n) is 4.27. The fraction of sp³-hybridized carbons (Fsp3) is 0.273. The molecule has 0 saturated heterocycles.